The molecule has 0 aliphatic heterocycles. The topological polar surface area (TPSA) is 64.1 Å². The van der Waals surface area contributed by atoms with Crippen LogP contribution in [0.15, 0.2) is 193 Å². The number of imidazole rings is 1. The molecule has 0 aliphatic carbocycles. The Balaban J connectivity index is 0.00000539. The standard InChI is InChI=1S/C62H50N3O2.Pt/c1-61(2,3)46-28-29-54(50(36-46)42-18-11-8-12-19-42)65-55-22-15-21-48(59(55)64-60(65)52-38-58-51(37-56(52)66)49-20-13-14-23-57(49)67-58)44-32-45(34-47(33-44)62(4,5)6)53-35-43(30-31-63-53)41-26-24-40(25-27-41)39-16-9-7-10-17-39;/h7-31,33-38,66H,1-6H3;/q-1;. The van der Waals surface area contributed by atoms with Crippen LogP contribution in [0.3, 0.4) is 0 Å². The van der Waals surface area contributed by atoms with Gasteiger partial charge in [-0.15, -0.1) is 29.3 Å². The van der Waals surface area contributed by atoms with Crippen molar-refractivity contribution >= 4 is 33.0 Å². The van der Waals surface area contributed by atoms with E-state index >= 15 is 0 Å². The van der Waals surface area contributed by atoms with Crippen LogP contribution in [0.4, 0.5) is 0 Å². The van der Waals surface area contributed by atoms with Crippen LogP contribution in [0.5, 0.6) is 5.75 Å². The Morgan fingerprint density at radius 1 is 0.500 bits per heavy atom. The zero-order valence-electron chi connectivity index (χ0n) is 38.9. The Morgan fingerprint density at radius 2 is 1.15 bits per heavy atom. The molecule has 336 valence electrons. The fourth-order valence-electron chi connectivity index (χ4n) is 9.26. The minimum absolute atomic E-state index is 0. The monoisotopic (exact) mass is 1060 g/mol. The van der Waals surface area contributed by atoms with Crippen LogP contribution in [0, 0.1) is 6.07 Å². The number of hydrogen-bond acceptors (Lipinski definition) is 4. The molecular weight excluding hydrogens is 1010 g/mol. The number of phenolic OH excluding ortho intramolecular Hbond substituents is 1. The summed E-state index contributed by atoms with van der Waals surface area (Å²) in [6.07, 6.45) is 1.89. The van der Waals surface area contributed by atoms with E-state index in [1.165, 1.54) is 16.7 Å². The van der Waals surface area contributed by atoms with E-state index < -0.39 is 0 Å². The Kier molecular flexibility index (Phi) is 11.4. The normalized spacial score (nSPS) is 11.9. The van der Waals surface area contributed by atoms with Crippen LogP contribution in [0.1, 0.15) is 52.7 Å². The van der Waals surface area contributed by atoms with Crippen LogP contribution in [-0.2, 0) is 31.9 Å². The van der Waals surface area contributed by atoms with E-state index in [2.05, 4.69) is 186 Å². The number of benzene rings is 8. The smallest absolute Gasteiger partial charge is 0.148 e. The van der Waals surface area contributed by atoms with Crippen LogP contribution >= 0.6 is 0 Å². The Bertz CT molecular complexity index is 3650. The van der Waals surface area contributed by atoms with Gasteiger partial charge in [-0.1, -0.05) is 180 Å². The second-order valence-electron chi connectivity index (χ2n) is 19.6. The fraction of sp³-hybridized carbons (Fsp3) is 0.129. The molecule has 0 bridgehead atoms. The van der Waals surface area contributed by atoms with E-state index in [0.29, 0.717) is 17.0 Å². The molecule has 0 unspecified atom stereocenters. The van der Waals surface area contributed by atoms with Crippen molar-refractivity contribution in [2.75, 3.05) is 0 Å². The number of rotatable bonds is 7. The number of pyridine rings is 1. The number of aromatic nitrogens is 3. The largest absolute Gasteiger partial charge is 0.507 e. The molecular formula is C62H50N3O2Pt-. The van der Waals surface area contributed by atoms with Crippen molar-refractivity contribution in [2.24, 2.45) is 0 Å². The van der Waals surface area contributed by atoms with E-state index in [0.717, 1.165) is 83.3 Å². The molecule has 0 amide bonds. The summed E-state index contributed by atoms with van der Waals surface area (Å²) in [7, 11) is 0. The van der Waals surface area contributed by atoms with Gasteiger partial charge in [0.15, 0.2) is 0 Å². The molecule has 1 N–H and O–H groups in total. The van der Waals surface area contributed by atoms with E-state index in [4.69, 9.17) is 14.4 Å². The summed E-state index contributed by atoms with van der Waals surface area (Å²) in [5.41, 5.74) is 17.0. The summed E-state index contributed by atoms with van der Waals surface area (Å²) in [4.78, 5) is 10.5. The van der Waals surface area contributed by atoms with Crippen molar-refractivity contribution in [2.45, 2.75) is 52.4 Å². The van der Waals surface area contributed by atoms with Gasteiger partial charge in [-0.2, -0.15) is 0 Å². The summed E-state index contributed by atoms with van der Waals surface area (Å²) >= 11 is 0. The van der Waals surface area contributed by atoms with Crippen LogP contribution in [0.2, 0.25) is 0 Å². The number of furan rings is 1. The summed E-state index contributed by atoms with van der Waals surface area (Å²) in [6.45, 7) is 13.5. The van der Waals surface area contributed by atoms with Crippen molar-refractivity contribution in [1.29, 1.82) is 0 Å². The predicted molar refractivity (Wildman–Crippen MR) is 277 cm³/mol. The molecule has 8 aromatic carbocycles. The molecule has 68 heavy (non-hydrogen) atoms. The number of aromatic hydroxyl groups is 1. The minimum Gasteiger partial charge on any atom is -0.507 e. The van der Waals surface area contributed by atoms with Gasteiger partial charge in [-0.05, 0) is 86.7 Å². The van der Waals surface area contributed by atoms with Crippen molar-refractivity contribution < 1.29 is 30.6 Å². The van der Waals surface area contributed by atoms with Crippen LogP contribution < -0.4 is 0 Å². The van der Waals surface area contributed by atoms with Gasteiger partial charge in [-0.3, -0.25) is 9.55 Å². The fourth-order valence-corrected chi connectivity index (χ4v) is 9.26. The number of para-hydroxylation sites is 2. The zero-order chi connectivity index (χ0) is 46.0. The maximum Gasteiger partial charge on any atom is 0.148 e. The molecule has 3 aromatic heterocycles. The Morgan fingerprint density at radius 3 is 1.87 bits per heavy atom. The van der Waals surface area contributed by atoms with Crippen molar-refractivity contribution in [3.63, 3.8) is 0 Å². The average Bonchev–Trinajstić information content (AvgIpc) is 3.91. The number of fused-ring (bicyclic) bond motifs is 4. The van der Waals surface area contributed by atoms with Gasteiger partial charge in [0.25, 0.3) is 0 Å². The molecule has 5 nitrogen and oxygen atoms in total. The minimum atomic E-state index is -0.185. The number of phenols is 1. The molecule has 11 aromatic rings. The van der Waals surface area contributed by atoms with Crippen molar-refractivity contribution in [3.05, 3.63) is 205 Å². The molecule has 0 atom stereocenters. The third-order valence-corrected chi connectivity index (χ3v) is 13.0. The molecule has 0 radical (unpaired) electrons. The van der Waals surface area contributed by atoms with E-state index in [9.17, 15) is 5.11 Å². The number of nitrogens with zero attached hydrogens (tertiary/aromatic N) is 3. The Labute approximate surface area is 412 Å². The van der Waals surface area contributed by atoms with Gasteiger partial charge in [0, 0.05) is 49.3 Å². The molecule has 0 saturated carbocycles. The van der Waals surface area contributed by atoms with Crippen LogP contribution in [0.25, 0.3) is 106 Å². The summed E-state index contributed by atoms with van der Waals surface area (Å²) in [5.74, 6) is 0.719. The van der Waals surface area contributed by atoms with E-state index in [1.54, 1.807) is 0 Å². The maximum absolute atomic E-state index is 12.1. The van der Waals surface area contributed by atoms with Gasteiger partial charge in [0.1, 0.15) is 22.7 Å². The molecule has 11 rings (SSSR count). The van der Waals surface area contributed by atoms with Crippen molar-refractivity contribution in [3.8, 4) is 78.6 Å². The van der Waals surface area contributed by atoms with Gasteiger partial charge in [0.05, 0.1) is 22.3 Å². The summed E-state index contributed by atoms with van der Waals surface area (Å²) in [6, 6.07) is 67.0. The SMILES string of the molecule is CC(C)(C)c1cc(-c2cc(-c3ccc(-c4ccccc4)cc3)ccn2)[c-]c(-c2cccc3c2nc(-c2cc4oc5ccccc5c4cc2O)n3-c2ccc(C(C)(C)C)cc2-c2ccccc2)c1.[Pt]. The number of hydrogen-bond donors (Lipinski definition) is 1. The molecule has 3 heterocycles. The Hall–Kier alpha value is -7.33. The first-order chi connectivity index (χ1) is 32.4. The molecule has 0 aliphatic rings. The molecule has 6 heteroatoms. The third kappa shape index (κ3) is 8.16. The van der Waals surface area contributed by atoms with E-state index in [-0.39, 0.29) is 37.6 Å². The molecule has 0 fully saturated rings. The third-order valence-electron chi connectivity index (χ3n) is 13.0. The van der Waals surface area contributed by atoms with Gasteiger partial charge in [-0.25, -0.2) is 4.98 Å². The van der Waals surface area contributed by atoms with Crippen molar-refractivity contribution in [1.82, 2.24) is 14.5 Å². The van der Waals surface area contributed by atoms with Gasteiger partial charge < -0.3 is 9.52 Å². The zero-order valence-corrected chi connectivity index (χ0v) is 41.2. The van der Waals surface area contributed by atoms with Gasteiger partial charge in [0.2, 0.25) is 0 Å². The van der Waals surface area contributed by atoms with Gasteiger partial charge >= 0.3 is 0 Å². The second-order valence-corrected chi connectivity index (χ2v) is 19.6. The summed E-state index contributed by atoms with van der Waals surface area (Å²) < 4.78 is 8.64. The molecule has 0 saturated heterocycles. The second kappa shape index (κ2) is 17.4. The average molecular weight is 1060 g/mol. The van der Waals surface area contributed by atoms with Crippen LogP contribution in [-0.4, -0.2) is 19.6 Å². The first kappa shape index (κ1) is 44.5. The molecule has 0 spiro atoms. The van der Waals surface area contributed by atoms with E-state index in [1.807, 2.05) is 54.7 Å². The summed E-state index contributed by atoms with van der Waals surface area (Å²) in [5, 5.41) is 13.9. The first-order valence-corrected chi connectivity index (χ1v) is 22.9. The first-order valence-electron chi connectivity index (χ1n) is 22.9. The maximum atomic E-state index is 12.1. The predicted octanol–water partition coefficient (Wildman–Crippen LogP) is 16.4. The quantitative estimate of drug-likeness (QED) is 0.162.